The van der Waals surface area contributed by atoms with Crippen LogP contribution in [0.3, 0.4) is 0 Å². The average Bonchev–Trinajstić information content (AvgIpc) is 2.92. The Morgan fingerprint density at radius 3 is 2.11 bits per heavy atom. The fourth-order valence-electron chi connectivity index (χ4n) is 3.19. The molecule has 198 valence electrons. The van der Waals surface area contributed by atoms with Crippen LogP contribution in [-0.4, -0.2) is 42.1 Å². The molecular formula is C28H30ClN5O4. The van der Waals surface area contributed by atoms with E-state index < -0.39 is 17.9 Å². The highest BCUT2D eigenvalue weighted by molar-refractivity contribution is 6.31. The molecule has 0 aromatic heterocycles. The van der Waals surface area contributed by atoms with E-state index in [1.807, 2.05) is 18.2 Å². The molecule has 0 aliphatic heterocycles. The van der Waals surface area contributed by atoms with Crippen LogP contribution >= 0.6 is 11.6 Å². The first-order valence-electron chi connectivity index (χ1n) is 11.3. The number of carbonyl (C=O) groups is 3. The first-order chi connectivity index (χ1) is 17.9. The SMILES string of the molecule is C.NC[C@H](NC(=O)c1ccc(C#Cc2ccc(NC(=O)CNCc3ccccc3Cl)cc2)cc1)C(=O)NO. The standard InChI is InChI=1S/C27H26ClN5O4.CH4/c28-23-4-2-1-3-21(23)16-30-17-25(34)31-22-13-9-19(10-14-22)6-5-18-7-11-20(12-8-18)26(35)32-24(15-29)27(36)33-37;/h1-4,7-14,24,30,37H,15-17,29H2,(H,31,34)(H,32,35)(H,33,36);1H4/t24-;/m0./s1. The lowest BCUT2D eigenvalue weighted by molar-refractivity contribution is -0.130. The van der Waals surface area contributed by atoms with Crippen LogP contribution < -0.4 is 27.2 Å². The summed E-state index contributed by atoms with van der Waals surface area (Å²) in [5.74, 6) is 4.56. The van der Waals surface area contributed by atoms with Gasteiger partial charge in [0.25, 0.3) is 11.8 Å². The van der Waals surface area contributed by atoms with E-state index in [2.05, 4.69) is 27.8 Å². The largest absolute Gasteiger partial charge is 0.339 e. The number of hydrogen-bond donors (Lipinski definition) is 6. The van der Waals surface area contributed by atoms with Crippen molar-refractivity contribution >= 4 is 35.0 Å². The minimum absolute atomic E-state index is 0. The van der Waals surface area contributed by atoms with Crippen molar-refractivity contribution in [3.05, 3.63) is 100 Å². The molecule has 0 unspecified atom stereocenters. The third-order valence-electron chi connectivity index (χ3n) is 5.19. The second-order valence-electron chi connectivity index (χ2n) is 7.89. The Balaban J connectivity index is 0.00000507. The number of carbonyl (C=O) groups excluding carboxylic acids is 3. The Kier molecular flexibility index (Phi) is 12.0. The lowest BCUT2D eigenvalue weighted by Gasteiger charge is -2.14. The topological polar surface area (TPSA) is 146 Å². The van der Waals surface area contributed by atoms with Crippen molar-refractivity contribution in [1.29, 1.82) is 0 Å². The molecule has 1 atom stereocenters. The van der Waals surface area contributed by atoms with E-state index in [1.165, 1.54) is 5.48 Å². The highest BCUT2D eigenvalue weighted by atomic mass is 35.5. The van der Waals surface area contributed by atoms with Crippen molar-refractivity contribution in [3.63, 3.8) is 0 Å². The summed E-state index contributed by atoms with van der Waals surface area (Å²) in [5, 5.41) is 17.7. The van der Waals surface area contributed by atoms with E-state index in [0.717, 1.165) is 11.1 Å². The van der Waals surface area contributed by atoms with Gasteiger partial charge in [-0.05, 0) is 60.2 Å². The molecule has 0 aliphatic carbocycles. The van der Waals surface area contributed by atoms with Gasteiger partial charge in [0, 0.05) is 40.5 Å². The van der Waals surface area contributed by atoms with Gasteiger partial charge in [-0.3, -0.25) is 19.6 Å². The predicted molar refractivity (Wildman–Crippen MR) is 148 cm³/mol. The van der Waals surface area contributed by atoms with Crippen molar-refractivity contribution in [3.8, 4) is 11.8 Å². The van der Waals surface area contributed by atoms with Crippen molar-refractivity contribution in [1.82, 2.24) is 16.1 Å². The minimum Gasteiger partial charge on any atom is -0.339 e. The summed E-state index contributed by atoms with van der Waals surface area (Å²) < 4.78 is 0. The van der Waals surface area contributed by atoms with Crippen LogP contribution in [0, 0.1) is 11.8 Å². The lowest BCUT2D eigenvalue weighted by Crippen LogP contribution is -2.50. The zero-order valence-electron chi connectivity index (χ0n) is 19.8. The number of rotatable bonds is 9. The number of benzene rings is 3. The number of nitrogens with two attached hydrogens (primary N) is 1. The van der Waals surface area contributed by atoms with Crippen molar-refractivity contribution < 1.29 is 19.6 Å². The molecule has 3 rings (SSSR count). The van der Waals surface area contributed by atoms with Gasteiger partial charge in [-0.25, -0.2) is 5.48 Å². The number of hydrogen-bond acceptors (Lipinski definition) is 6. The summed E-state index contributed by atoms with van der Waals surface area (Å²) in [6.45, 7) is 0.468. The van der Waals surface area contributed by atoms with E-state index in [1.54, 1.807) is 54.6 Å². The molecule has 0 fully saturated rings. The number of amides is 3. The molecule has 0 bridgehead atoms. The molecule has 0 heterocycles. The van der Waals surface area contributed by atoms with E-state index in [-0.39, 0.29) is 26.4 Å². The summed E-state index contributed by atoms with van der Waals surface area (Å²) in [4.78, 5) is 35.9. The molecule has 7 N–H and O–H groups in total. The number of hydroxylamine groups is 1. The Morgan fingerprint density at radius 1 is 0.921 bits per heavy atom. The number of halogens is 1. The van der Waals surface area contributed by atoms with Crippen LogP contribution in [0.15, 0.2) is 72.8 Å². The minimum atomic E-state index is -1.05. The normalized spacial score (nSPS) is 10.7. The summed E-state index contributed by atoms with van der Waals surface area (Å²) >= 11 is 6.11. The molecular weight excluding hydrogens is 506 g/mol. The van der Waals surface area contributed by atoms with Gasteiger partial charge in [-0.2, -0.15) is 0 Å². The Bertz CT molecular complexity index is 1300. The maximum absolute atomic E-state index is 12.3. The number of anilines is 1. The van der Waals surface area contributed by atoms with E-state index >= 15 is 0 Å². The van der Waals surface area contributed by atoms with E-state index in [9.17, 15) is 14.4 Å². The molecule has 0 radical (unpaired) electrons. The molecule has 3 amide bonds. The van der Waals surface area contributed by atoms with Gasteiger partial charge >= 0.3 is 0 Å². The van der Waals surface area contributed by atoms with Gasteiger partial charge in [0.15, 0.2) is 0 Å². The average molecular weight is 536 g/mol. The van der Waals surface area contributed by atoms with Gasteiger partial charge in [0.1, 0.15) is 6.04 Å². The third-order valence-corrected chi connectivity index (χ3v) is 5.56. The van der Waals surface area contributed by atoms with Crippen molar-refractivity contribution in [2.75, 3.05) is 18.4 Å². The highest BCUT2D eigenvalue weighted by Crippen LogP contribution is 2.14. The molecule has 0 saturated carbocycles. The molecule has 0 spiro atoms. The summed E-state index contributed by atoms with van der Waals surface area (Å²) in [6, 6.07) is 20.0. The first-order valence-corrected chi connectivity index (χ1v) is 11.7. The molecule has 38 heavy (non-hydrogen) atoms. The Labute approximate surface area is 226 Å². The van der Waals surface area contributed by atoms with Gasteiger partial charge in [0.2, 0.25) is 5.91 Å². The first kappa shape index (κ1) is 30.0. The molecule has 0 saturated heterocycles. The van der Waals surface area contributed by atoms with Gasteiger partial charge < -0.3 is 21.7 Å². The van der Waals surface area contributed by atoms with Crippen LogP contribution in [-0.2, 0) is 16.1 Å². The van der Waals surface area contributed by atoms with Gasteiger partial charge in [-0.1, -0.05) is 49.1 Å². The zero-order chi connectivity index (χ0) is 26.6. The Morgan fingerprint density at radius 2 is 1.53 bits per heavy atom. The summed E-state index contributed by atoms with van der Waals surface area (Å²) in [7, 11) is 0. The summed E-state index contributed by atoms with van der Waals surface area (Å²) in [5.41, 5.74) is 10.2. The predicted octanol–water partition coefficient (Wildman–Crippen LogP) is 2.67. The van der Waals surface area contributed by atoms with Gasteiger partial charge in [-0.15, -0.1) is 0 Å². The third kappa shape index (κ3) is 9.03. The fourth-order valence-corrected chi connectivity index (χ4v) is 3.40. The molecule has 9 nitrogen and oxygen atoms in total. The smallest absolute Gasteiger partial charge is 0.267 e. The molecule has 0 aliphatic rings. The Hall–Kier alpha value is -4.20. The molecule has 10 heteroatoms. The zero-order valence-corrected chi connectivity index (χ0v) is 20.5. The summed E-state index contributed by atoms with van der Waals surface area (Å²) in [6.07, 6.45) is 0. The maximum Gasteiger partial charge on any atom is 0.267 e. The fraction of sp³-hybridized carbons (Fsp3) is 0.179. The van der Waals surface area contributed by atoms with Crippen LogP contribution in [0.1, 0.15) is 34.5 Å². The maximum atomic E-state index is 12.3. The van der Waals surface area contributed by atoms with Crippen LogP contribution in [0.4, 0.5) is 5.69 Å². The van der Waals surface area contributed by atoms with Crippen LogP contribution in [0.25, 0.3) is 0 Å². The van der Waals surface area contributed by atoms with Crippen LogP contribution in [0.5, 0.6) is 0 Å². The monoisotopic (exact) mass is 535 g/mol. The van der Waals surface area contributed by atoms with Crippen molar-refractivity contribution in [2.45, 2.75) is 20.0 Å². The number of nitrogens with one attached hydrogen (secondary N) is 4. The van der Waals surface area contributed by atoms with Crippen LogP contribution in [0.2, 0.25) is 5.02 Å². The molecule has 3 aromatic rings. The molecule has 3 aromatic carbocycles. The van der Waals surface area contributed by atoms with Gasteiger partial charge in [0.05, 0.1) is 6.54 Å². The van der Waals surface area contributed by atoms with E-state index in [4.69, 9.17) is 22.5 Å². The second-order valence-corrected chi connectivity index (χ2v) is 8.29. The second kappa shape index (κ2) is 15.1. The highest BCUT2D eigenvalue weighted by Gasteiger charge is 2.19. The lowest BCUT2D eigenvalue weighted by atomic mass is 10.1. The quantitative estimate of drug-likeness (QED) is 0.141. The van der Waals surface area contributed by atoms with Crippen molar-refractivity contribution in [2.24, 2.45) is 5.73 Å². The van der Waals surface area contributed by atoms with E-state index in [0.29, 0.717) is 28.4 Å².